The van der Waals surface area contributed by atoms with Crippen LogP contribution in [0.4, 0.5) is 11.6 Å². The van der Waals surface area contributed by atoms with Gasteiger partial charge in [0.05, 0.1) is 5.56 Å². The summed E-state index contributed by atoms with van der Waals surface area (Å²) in [6.45, 7) is 6.86. The lowest BCUT2D eigenvalue weighted by molar-refractivity contribution is 0.0712. The van der Waals surface area contributed by atoms with Crippen LogP contribution in [0.3, 0.4) is 0 Å². The molecule has 3 heterocycles. The van der Waals surface area contributed by atoms with E-state index in [0.717, 1.165) is 35.4 Å². The number of anilines is 2. The zero-order chi connectivity index (χ0) is 28.9. The second kappa shape index (κ2) is 12.1. The van der Waals surface area contributed by atoms with Gasteiger partial charge in [0, 0.05) is 53.7 Å². The van der Waals surface area contributed by atoms with Crippen molar-refractivity contribution < 1.29 is 14.4 Å². The number of benzene rings is 2. The maximum Gasteiger partial charge on any atom is 0.258 e. The van der Waals surface area contributed by atoms with Gasteiger partial charge in [-0.2, -0.15) is 0 Å². The van der Waals surface area contributed by atoms with E-state index >= 15 is 0 Å². The molecule has 1 fully saturated rings. The molecule has 0 spiro atoms. The van der Waals surface area contributed by atoms with Crippen LogP contribution in [-0.2, 0) is 0 Å². The Morgan fingerprint density at radius 1 is 0.756 bits per heavy atom. The fourth-order valence-electron chi connectivity index (χ4n) is 4.87. The summed E-state index contributed by atoms with van der Waals surface area (Å²) >= 11 is 0. The number of hydrogen-bond donors (Lipinski definition) is 2. The summed E-state index contributed by atoms with van der Waals surface area (Å²) in [6.07, 6.45) is 4.80. The van der Waals surface area contributed by atoms with Crippen molar-refractivity contribution >= 4 is 29.4 Å². The Labute approximate surface area is 239 Å². The number of hydrogen-bond acceptors (Lipinski definition) is 6. The van der Waals surface area contributed by atoms with Crippen LogP contribution < -0.4 is 10.6 Å². The fourth-order valence-corrected chi connectivity index (χ4v) is 4.87. The zero-order valence-corrected chi connectivity index (χ0v) is 23.3. The van der Waals surface area contributed by atoms with E-state index in [1.807, 2.05) is 56.0 Å². The summed E-state index contributed by atoms with van der Waals surface area (Å²) in [5.41, 5.74) is 5.77. The normalized spacial score (nSPS) is 13.5. The highest BCUT2D eigenvalue weighted by atomic mass is 16.2. The SMILES string of the molecule is Cc1ccc(C(=O)Nc2cc(C(=O)N3CCC(c4ccc(C(=O)Nc5nccc(C)n5)cc4)CC3)ccc2C)cn1. The molecule has 1 aliphatic rings. The Morgan fingerprint density at radius 3 is 2.12 bits per heavy atom. The first-order chi connectivity index (χ1) is 19.8. The first-order valence-corrected chi connectivity index (χ1v) is 13.6. The standard InChI is InChI=1S/C32H32N6O3/c1-20-4-6-26(18-28(20)36-30(40)27-7-5-21(2)34-19-27)31(41)38-16-13-24(14-17-38)23-8-10-25(11-9-23)29(39)37-32-33-15-12-22(3)35-32/h4-12,15,18-19,24H,13-14,16-17H2,1-3H3,(H,36,40)(H,33,35,37,39). The molecular weight excluding hydrogens is 516 g/mol. The molecule has 0 atom stereocenters. The third kappa shape index (κ3) is 6.63. The number of carbonyl (C=O) groups is 3. The maximum absolute atomic E-state index is 13.3. The molecule has 3 amide bonds. The molecule has 41 heavy (non-hydrogen) atoms. The minimum Gasteiger partial charge on any atom is -0.339 e. The Kier molecular flexibility index (Phi) is 8.14. The number of pyridine rings is 1. The van der Waals surface area contributed by atoms with Gasteiger partial charge in [-0.25, -0.2) is 9.97 Å². The second-order valence-electron chi connectivity index (χ2n) is 10.3. The first kappa shape index (κ1) is 27.6. The molecule has 0 aliphatic carbocycles. The molecule has 9 nitrogen and oxygen atoms in total. The van der Waals surface area contributed by atoms with Crippen molar-refractivity contribution in [3.63, 3.8) is 0 Å². The molecule has 208 valence electrons. The first-order valence-electron chi connectivity index (χ1n) is 13.6. The van der Waals surface area contributed by atoms with E-state index in [-0.39, 0.29) is 23.7 Å². The molecule has 2 aromatic carbocycles. The molecule has 0 bridgehead atoms. The Morgan fingerprint density at radius 2 is 1.44 bits per heavy atom. The minimum atomic E-state index is -0.266. The van der Waals surface area contributed by atoms with Crippen molar-refractivity contribution in [2.75, 3.05) is 23.7 Å². The van der Waals surface area contributed by atoms with Gasteiger partial charge >= 0.3 is 0 Å². The lowest BCUT2D eigenvalue weighted by Crippen LogP contribution is -2.38. The van der Waals surface area contributed by atoms with Gasteiger partial charge in [0.15, 0.2) is 0 Å². The monoisotopic (exact) mass is 548 g/mol. The van der Waals surface area contributed by atoms with Crippen LogP contribution in [0.15, 0.2) is 73.1 Å². The molecule has 1 saturated heterocycles. The van der Waals surface area contributed by atoms with E-state index in [4.69, 9.17) is 0 Å². The average molecular weight is 549 g/mol. The number of rotatable bonds is 6. The van der Waals surface area contributed by atoms with Gasteiger partial charge in [-0.05, 0) is 93.1 Å². The molecule has 5 rings (SSSR count). The number of carbonyl (C=O) groups excluding carboxylic acids is 3. The number of likely N-dealkylation sites (tertiary alicyclic amines) is 1. The highest BCUT2D eigenvalue weighted by Gasteiger charge is 2.25. The molecule has 2 aromatic heterocycles. The van der Waals surface area contributed by atoms with Crippen LogP contribution in [-0.4, -0.2) is 50.7 Å². The highest BCUT2D eigenvalue weighted by Crippen LogP contribution is 2.29. The van der Waals surface area contributed by atoms with Crippen molar-refractivity contribution in [1.82, 2.24) is 19.9 Å². The molecular formula is C32H32N6O3. The van der Waals surface area contributed by atoms with E-state index in [0.29, 0.717) is 41.4 Å². The second-order valence-corrected chi connectivity index (χ2v) is 10.3. The van der Waals surface area contributed by atoms with E-state index in [1.165, 1.54) is 0 Å². The molecule has 4 aromatic rings. The lowest BCUT2D eigenvalue weighted by atomic mass is 9.88. The van der Waals surface area contributed by atoms with Crippen molar-refractivity contribution in [2.45, 2.75) is 39.5 Å². The molecule has 1 aliphatic heterocycles. The van der Waals surface area contributed by atoms with Crippen molar-refractivity contribution in [3.05, 3.63) is 112 Å². The largest absolute Gasteiger partial charge is 0.339 e. The summed E-state index contributed by atoms with van der Waals surface area (Å²) in [7, 11) is 0. The highest BCUT2D eigenvalue weighted by molar-refractivity contribution is 6.05. The van der Waals surface area contributed by atoms with Gasteiger partial charge in [-0.3, -0.25) is 24.7 Å². The van der Waals surface area contributed by atoms with Crippen LogP contribution in [0, 0.1) is 20.8 Å². The van der Waals surface area contributed by atoms with Crippen LogP contribution in [0.2, 0.25) is 0 Å². The molecule has 0 unspecified atom stereocenters. The summed E-state index contributed by atoms with van der Waals surface area (Å²) < 4.78 is 0. The Balaban J connectivity index is 1.18. The van der Waals surface area contributed by atoms with Crippen molar-refractivity contribution in [3.8, 4) is 0 Å². The van der Waals surface area contributed by atoms with E-state index in [2.05, 4.69) is 25.6 Å². The minimum absolute atomic E-state index is 0.0543. The number of aryl methyl sites for hydroxylation is 3. The van der Waals surface area contributed by atoms with Crippen molar-refractivity contribution in [2.24, 2.45) is 0 Å². The van der Waals surface area contributed by atoms with Gasteiger partial charge in [0.1, 0.15) is 0 Å². The van der Waals surface area contributed by atoms with Crippen LogP contribution >= 0.6 is 0 Å². The molecule has 0 saturated carbocycles. The van der Waals surface area contributed by atoms with Crippen LogP contribution in [0.1, 0.15) is 72.3 Å². The van der Waals surface area contributed by atoms with E-state index in [9.17, 15) is 14.4 Å². The lowest BCUT2D eigenvalue weighted by Gasteiger charge is -2.32. The molecule has 9 heteroatoms. The quantitative estimate of drug-likeness (QED) is 0.337. The van der Waals surface area contributed by atoms with Crippen LogP contribution in [0.5, 0.6) is 0 Å². The predicted octanol–water partition coefficient (Wildman–Crippen LogP) is 5.32. The smallest absolute Gasteiger partial charge is 0.258 e. The Bertz CT molecular complexity index is 1580. The van der Waals surface area contributed by atoms with E-state index < -0.39 is 0 Å². The van der Waals surface area contributed by atoms with E-state index in [1.54, 1.807) is 42.7 Å². The molecule has 0 radical (unpaired) electrons. The van der Waals surface area contributed by atoms with Crippen molar-refractivity contribution in [1.29, 1.82) is 0 Å². The number of nitrogens with zero attached hydrogens (tertiary/aromatic N) is 4. The third-order valence-corrected chi connectivity index (χ3v) is 7.35. The number of piperidine rings is 1. The summed E-state index contributed by atoms with van der Waals surface area (Å²) in [6, 6.07) is 18.3. The zero-order valence-electron chi connectivity index (χ0n) is 23.3. The Hall–Kier alpha value is -4.92. The molecule has 2 N–H and O–H groups in total. The topological polar surface area (TPSA) is 117 Å². The van der Waals surface area contributed by atoms with Gasteiger partial charge < -0.3 is 10.2 Å². The van der Waals surface area contributed by atoms with Gasteiger partial charge in [-0.1, -0.05) is 18.2 Å². The maximum atomic E-state index is 13.3. The van der Waals surface area contributed by atoms with Gasteiger partial charge in [-0.15, -0.1) is 0 Å². The van der Waals surface area contributed by atoms with Gasteiger partial charge in [0.2, 0.25) is 5.95 Å². The van der Waals surface area contributed by atoms with Gasteiger partial charge in [0.25, 0.3) is 17.7 Å². The number of amides is 3. The summed E-state index contributed by atoms with van der Waals surface area (Å²) in [4.78, 5) is 53.0. The predicted molar refractivity (Wildman–Crippen MR) is 157 cm³/mol. The number of aromatic nitrogens is 3. The third-order valence-electron chi connectivity index (χ3n) is 7.35. The average Bonchev–Trinajstić information content (AvgIpc) is 2.98. The summed E-state index contributed by atoms with van der Waals surface area (Å²) in [5.74, 6) is 0.00103. The van der Waals surface area contributed by atoms with Crippen LogP contribution in [0.25, 0.3) is 0 Å². The fraction of sp³-hybridized carbons (Fsp3) is 0.250. The number of nitrogens with one attached hydrogen (secondary N) is 2. The summed E-state index contributed by atoms with van der Waals surface area (Å²) in [5, 5.41) is 5.64.